The van der Waals surface area contributed by atoms with Crippen molar-refractivity contribution in [2.24, 2.45) is 5.10 Å². The molecule has 0 spiro atoms. The second-order valence-electron chi connectivity index (χ2n) is 7.24. The van der Waals surface area contributed by atoms with E-state index in [-0.39, 0.29) is 21.9 Å². The number of nitrogens with zero attached hydrogens (tertiary/aromatic N) is 2. The zero-order valence-electron chi connectivity index (χ0n) is 19.2. The highest BCUT2D eigenvalue weighted by atomic mass is 32.2. The van der Waals surface area contributed by atoms with Crippen molar-refractivity contribution in [1.82, 2.24) is 5.43 Å². The number of amides is 1. The van der Waals surface area contributed by atoms with Gasteiger partial charge in [0.1, 0.15) is 18.0 Å². The number of para-hydroxylation sites is 2. The third-order valence-corrected chi connectivity index (χ3v) is 6.72. The van der Waals surface area contributed by atoms with Crippen molar-refractivity contribution in [3.8, 4) is 11.5 Å². The second kappa shape index (κ2) is 11.1. The van der Waals surface area contributed by atoms with Gasteiger partial charge in [-0.3, -0.25) is 9.10 Å². The number of hydrogen-bond donors (Lipinski definition) is 1. The maximum Gasteiger partial charge on any atom is 0.417 e. The lowest BCUT2D eigenvalue weighted by Gasteiger charge is -2.25. The number of carbonyl (C=O) groups excluding carboxylic acids is 1. The van der Waals surface area contributed by atoms with Crippen molar-refractivity contribution in [3.05, 3.63) is 83.9 Å². The Morgan fingerprint density at radius 3 is 2.25 bits per heavy atom. The molecule has 36 heavy (non-hydrogen) atoms. The molecule has 0 atom stereocenters. The van der Waals surface area contributed by atoms with E-state index >= 15 is 0 Å². The fourth-order valence-corrected chi connectivity index (χ4v) is 4.65. The molecule has 3 aromatic carbocycles. The van der Waals surface area contributed by atoms with Crippen LogP contribution in [0.3, 0.4) is 0 Å². The average Bonchev–Trinajstić information content (AvgIpc) is 2.87. The monoisotopic (exact) mass is 521 g/mol. The van der Waals surface area contributed by atoms with Crippen molar-refractivity contribution >= 4 is 27.8 Å². The van der Waals surface area contributed by atoms with Crippen LogP contribution >= 0.6 is 0 Å². The summed E-state index contributed by atoms with van der Waals surface area (Å²) in [7, 11) is -1.49. The lowest BCUT2D eigenvalue weighted by atomic mass is 10.1. The minimum absolute atomic E-state index is 0.0809. The van der Waals surface area contributed by atoms with E-state index in [1.165, 1.54) is 68.8 Å². The van der Waals surface area contributed by atoms with E-state index in [2.05, 4.69) is 10.5 Å². The van der Waals surface area contributed by atoms with E-state index in [0.717, 1.165) is 16.6 Å². The Kier molecular flexibility index (Phi) is 8.20. The summed E-state index contributed by atoms with van der Waals surface area (Å²) >= 11 is 0. The van der Waals surface area contributed by atoms with Crippen LogP contribution in [0.2, 0.25) is 0 Å². The zero-order valence-corrected chi connectivity index (χ0v) is 20.0. The summed E-state index contributed by atoms with van der Waals surface area (Å²) in [5.74, 6) is -0.271. The van der Waals surface area contributed by atoms with Gasteiger partial charge in [0.15, 0.2) is 0 Å². The van der Waals surface area contributed by atoms with Gasteiger partial charge in [-0.1, -0.05) is 30.3 Å². The Labute approximate surface area is 206 Å². The van der Waals surface area contributed by atoms with Crippen molar-refractivity contribution in [2.75, 3.05) is 25.1 Å². The van der Waals surface area contributed by atoms with Crippen molar-refractivity contribution < 1.29 is 35.9 Å². The van der Waals surface area contributed by atoms with Crippen LogP contribution in [0, 0.1) is 0 Å². The molecule has 0 saturated heterocycles. The highest BCUT2D eigenvalue weighted by Crippen LogP contribution is 2.33. The summed E-state index contributed by atoms with van der Waals surface area (Å²) in [4.78, 5) is 12.5. The number of sulfonamides is 1. The van der Waals surface area contributed by atoms with Gasteiger partial charge in [0.05, 0.1) is 36.6 Å². The first-order chi connectivity index (χ1) is 17.1. The molecular weight excluding hydrogens is 499 g/mol. The van der Waals surface area contributed by atoms with E-state index in [0.29, 0.717) is 5.75 Å². The maximum absolute atomic E-state index is 13.5. The van der Waals surface area contributed by atoms with Crippen LogP contribution in [0.4, 0.5) is 18.9 Å². The first kappa shape index (κ1) is 26.5. The lowest BCUT2D eigenvalue weighted by Crippen LogP contribution is -2.39. The van der Waals surface area contributed by atoms with Crippen LogP contribution in [0.15, 0.2) is 82.8 Å². The van der Waals surface area contributed by atoms with Gasteiger partial charge in [0.25, 0.3) is 15.9 Å². The molecule has 0 aliphatic rings. The summed E-state index contributed by atoms with van der Waals surface area (Å²) in [6, 6.07) is 16.4. The molecule has 0 bridgehead atoms. The molecule has 8 nitrogen and oxygen atoms in total. The molecule has 0 fully saturated rings. The van der Waals surface area contributed by atoms with Gasteiger partial charge in [0.2, 0.25) is 0 Å². The quantitative estimate of drug-likeness (QED) is 0.338. The number of carbonyl (C=O) groups is 1. The molecule has 0 unspecified atom stereocenters. The molecule has 0 aliphatic heterocycles. The molecule has 0 saturated carbocycles. The fraction of sp³-hybridized carbons (Fsp3) is 0.167. The summed E-state index contributed by atoms with van der Waals surface area (Å²) in [5.41, 5.74) is 0.971. The van der Waals surface area contributed by atoms with Crippen molar-refractivity contribution in [1.29, 1.82) is 0 Å². The van der Waals surface area contributed by atoms with E-state index in [9.17, 15) is 26.4 Å². The van der Waals surface area contributed by atoms with Gasteiger partial charge < -0.3 is 9.47 Å². The molecule has 0 heterocycles. The number of hydrogen-bond acceptors (Lipinski definition) is 6. The zero-order chi connectivity index (χ0) is 26.3. The number of alkyl halides is 3. The molecule has 12 heteroatoms. The average molecular weight is 522 g/mol. The van der Waals surface area contributed by atoms with Crippen LogP contribution in [0.1, 0.15) is 11.1 Å². The Bertz CT molecular complexity index is 1340. The number of nitrogens with one attached hydrogen (secondary N) is 1. The maximum atomic E-state index is 13.5. The predicted molar refractivity (Wildman–Crippen MR) is 128 cm³/mol. The molecule has 3 rings (SSSR count). The number of rotatable bonds is 9. The largest absolute Gasteiger partial charge is 0.497 e. The molecule has 3 aromatic rings. The first-order valence-electron chi connectivity index (χ1n) is 10.4. The van der Waals surface area contributed by atoms with E-state index in [1.54, 1.807) is 12.1 Å². The third-order valence-electron chi connectivity index (χ3n) is 4.95. The van der Waals surface area contributed by atoms with Crippen molar-refractivity contribution in [2.45, 2.75) is 11.1 Å². The fourth-order valence-electron chi connectivity index (χ4n) is 3.22. The Morgan fingerprint density at radius 1 is 0.972 bits per heavy atom. The highest BCUT2D eigenvalue weighted by molar-refractivity contribution is 7.92. The molecule has 190 valence electrons. The number of benzene rings is 3. The number of halogens is 3. The number of anilines is 1. The smallest absolute Gasteiger partial charge is 0.417 e. The van der Waals surface area contributed by atoms with Crippen LogP contribution in [0.25, 0.3) is 0 Å². The topological polar surface area (TPSA) is 97.3 Å². The molecule has 0 aromatic heterocycles. The van der Waals surface area contributed by atoms with E-state index in [1.807, 2.05) is 0 Å². The molecule has 0 radical (unpaired) electrons. The van der Waals surface area contributed by atoms with Crippen LogP contribution in [0.5, 0.6) is 11.5 Å². The van der Waals surface area contributed by atoms with E-state index < -0.39 is 34.2 Å². The van der Waals surface area contributed by atoms with Crippen LogP contribution in [-0.4, -0.2) is 41.3 Å². The molecular formula is C24H22F3N3O5S. The van der Waals surface area contributed by atoms with Gasteiger partial charge in [-0.05, 0) is 42.5 Å². The van der Waals surface area contributed by atoms with Crippen LogP contribution in [-0.2, 0) is 21.0 Å². The van der Waals surface area contributed by atoms with Crippen LogP contribution < -0.4 is 19.2 Å². The van der Waals surface area contributed by atoms with E-state index in [4.69, 9.17) is 9.47 Å². The van der Waals surface area contributed by atoms with Gasteiger partial charge >= 0.3 is 6.18 Å². The predicted octanol–water partition coefficient (Wildman–Crippen LogP) is 4.07. The summed E-state index contributed by atoms with van der Waals surface area (Å²) in [5, 5.41) is 3.59. The molecule has 1 amide bonds. The molecule has 1 N–H and O–H groups in total. The lowest BCUT2D eigenvalue weighted by molar-refractivity contribution is -0.137. The second-order valence-corrected chi connectivity index (χ2v) is 9.10. The normalized spacial score (nSPS) is 11.8. The number of ether oxygens (including phenoxy) is 2. The minimum atomic E-state index is -4.61. The SMILES string of the molecule is COc1ccc(S(=O)(=O)N(CC(=O)N/N=C\c2ccccc2C(F)(F)F)c2ccccc2OC)cc1. The molecule has 0 aliphatic carbocycles. The van der Waals surface area contributed by atoms with Gasteiger partial charge in [0, 0.05) is 5.56 Å². The summed E-state index contributed by atoms with van der Waals surface area (Å²) in [6.07, 6.45) is -3.77. The first-order valence-corrected chi connectivity index (χ1v) is 11.8. The minimum Gasteiger partial charge on any atom is -0.497 e. The van der Waals surface area contributed by atoms with Gasteiger partial charge in [-0.25, -0.2) is 13.8 Å². The van der Waals surface area contributed by atoms with Crippen molar-refractivity contribution in [3.63, 3.8) is 0 Å². The number of methoxy groups -OCH3 is 2. The Hall–Kier alpha value is -4.06. The van der Waals surface area contributed by atoms with Gasteiger partial charge in [-0.2, -0.15) is 18.3 Å². The number of hydrazone groups is 1. The summed E-state index contributed by atoms with van der Waals surface area (Å²) in [6.45, 7) is -0.729. The summed E-state index contributed by atoms with van der Waals surface area (Å²) < 4.78 is 77.6. The Morgan fingerprint density at radius 2 is 1.61 bits per heavy atom. The highest BCUT2D eigenvalue weighted by Gasteiger charge is 2.33. The third kappa shape index (κ3) is 6.13. The Balaban J connectivity index is 1.90. The van der Waals surface area contributed by atoms with Gasteiger partial charge in [-0.15, -0.1) is 0 Å². The standard InChI is InChI=1S/C24H22F3N3O5S/c1-34-18-11-13-19(14-12-18)36(32,33)30(21-9-5-6-10-22(21)35-2)16-23(31)29-28-15-17-7-3-4-8-20(17)24(25,26)27/h3-15H,16H2,1-2H3,(H,29,31)/b28-15-.